The van der Waals surface area contributed by atoms with Gasteiger partial charge in [0.15, 0.2) is 0 Å². The summed E-state index contributed by atoms with van der Waals surface area (Å²) in [5.41, 5.74) is 0. The Morgan fingerprint density at radius 3 is 2.50 bits per heavy atom. The fourth-order valence-corrected chi connectivity index (χ4v) is 2.59. The van der Waals surface area contributed by atoms with Crippen molar-refractivity contribution in [1.29, 1.82) is 0 Å². The molecular formula is C17H32O5. The number of hydrogen-bond donors (Lipinski definition) is 3. The van der Waals surface area contributed by atoms with E-state index in [1.807, 2.05) is 0 Å². The standard InChI is InChI=1S/C17H32O5/c1-2-3-4-5-6-7-8-9-10-11-21-17-15(20)13-22-16(17)14(19)12-18/h6-7,14-20H,2-5,8-13H2,1H3/b7-6+/t14-,15+,16-,17-/m0/s1. The summed E-state index contributed by atoms with van der Waals surface area (Å²) in [5.74, 6) is 0. The van der Waals surface area contributed by atoms with E-state index in [0.717, 1.165) is 25.7 Å². The molecule has 0 bridgehead atoms. The van der Waals surface area contributed by atoms with Crippen LogP contribution in [0.15, 0.2) is 12.2 Å². The number of unbranched alkanes of at least 4 members (excludes halogenated alkanes) is 5. The summed E-state index contributed by atoms with van der Waals surface area (Å²) >= 11 is 0. The van der Waals surface area contributed by atoms with Crippen LogP contribution in [0.5, 0.6) is 0 Å². The maximum absolute atomic E-state index is 9.79. The van der Waals surface area contributed by atoms with Gasteiger partial charge >= 0.3 is 0 Å². The third kappa shape index (κ3) is 7.20. The third-order valence-corrected chi connectivity index (χ3v) is 3.95. The molecule has 0 radical (unpaired) electrons. The summed E-state index contributed by atoms with van der Waals surface area (Å²) in [6.07, 6.45) is 9.52. The SMILES string of the molecule is CCCCC/C=C/CCCCO[C@@H]1[C@H]([C@@H](O)CO)OC[C@H]1O. The predicted molar refractivity (Wildman–Crippen MR) is 85.7 cm³/mol. The molecule has 1 saturated heterocycles. The zero-order chi connectivity index (χ0) is 16.2. The van der Waals surface area contributed by atoms with Crippen molar-refractivity contribution < 1.29 is 24.8 Å². The van der Waals surface area contributed by atoms with Gasteiger partial charge in [0, 0.05) is 6.61 Å². The molecule has 22 heavy (non-hydrogen) atoms. The Hall–Kier alpha value is -0.460. The minimum Gasteiger partial charge on any atom is -0.394 e. The molecule has 1 fully saturated rings. The van der Waals surface area contributed by atoms with Gasteiger partial charge in [0.05, 0.1) is 13.2 Å². The van der Waals surface area contributed by atoms with Gasteiger partial charge in [-0.3, -0.25) is 0 Å². The maximum Gasteiger partial charge on any atom is 0.114 e. The molecule has 0 unspecified atom stereocenters. The summed E-state index contributed by atoms with van der Waals surface area (Å²) in [7, 11) is 0. The van der Waals surface area contributed by atoms with Crippen molar-refractivity contribution in [3.8, 4) is 0 Å². The molecule has 0 spiro atoms. The Morgan fingerprint density at radius 1 is 1.18 bits per heavy atom. The van der Waals surface area contributed by atoms with Gasteiger partial charge in [0.1, 0.15) is 24.4 Å². The molecule has 4 atom stereocenters. The summed E-state index contributed by atoms with van der Waals surface area (Å²) in [4.78, 5) is 0. The highest BCUT2D eigenvalue weighted by Crippen LogP contribution is 2.21. The average molecular weight is 316 g/mol. The lowest BCUT2D eigenvalue weighted by atomic mass is 10.1. The van der Waals surface area contributed by atoms with Crippen molar-refractivity contribution in [3.05, 3.63) is 12.2 Å². The second kappa shape index (κ2) is 12.0. The topological polar surface area (TPSA) is 79.2 Å². The normalized spacial score (nSPS) is 26.8. The van der Waals surface area contributed by atoms with E-state index in [4.69, 9.17) is 14.6 Å². The molecule has 3 N–H and O–H groups in total. The van der Waals surface area contributed by atoms with Gasteiger partial charge < -0.3 is 24.8 Å². The molecule has 0 aromatic heterocycles. The minimum atomic E-state index is -1.01. The van der Waals surface area contributed by atoms with Crippen molar-refractivity contribution in [3.63, 3.8) is 0 Å². The first-order chi connectivity index (χ1) is 10.7. The van der Waals surface area contributed by atoms with Crippen LogP contribution in [0.1, 0.15) is 51.9 Å². The molecule has 1 aliphatic heterocycles. The van der Waals surface area contributed by atoms with Gasteiger partial charge in [-0.15, -0.1) is 0 Å². The van der Waals surface area contributed by atoms with Gasteiger partial charge in [0.2, 0.25) is 0 Å². The van der Waals surface area contributed by atoms with E-state index in [1.165, 1.54) is 19.3 Å². The van der Waals surface area contributed by atoms with Crippen LogP contribution in [-0.4, -0.2) is 59.6 Å². The van der Waals surface area contributed by atoms with E-state index in [2.05, 4.69) is 19.1 Å². The first-order valence-corrected chi connectivity index (χ1v) is 8.55. The zero-order valence-corrected chi connectivity index (χ0v) is 13.7. The van der Waals surface area contributed by atoms with Gasteiger partial charge in [0.25, 0.3) is 0 Å². The number of rotatable bonds is 12. The Labute approximate surface area is 133 Å². The highest BCUT2D eigenvalue weighted by molar-refractivity contribution is 4.89. The molecular weight excluding hydrogens is 284 g/mol. The summed E-state index contributed by atoms with van der Waals surface area (Å²) in [6.45, 7) is 2.50. The highest BCUT2D eigenvalue weighted by Gasteiger charge is 2.40. The number of allylic oxidation sites excluding steroid dienone is 2. The number of ether oxygens (including phenoxy) is 2. The van der Waals surface area contributed by atoms with E-state index >= 15 is 0 Å². The van der Waals surface area contributed by atoms with Crippen molar-refractivity contribution in [2.75, 3.05) is 19.8 Å². The van der Waals surface area contributed by atoms with Crippen molar-refractivity contribution in [2.24, 2.45) is 0 Å². The van der Waals surface area contributed by atoms with E-state index < -0.39 is 24.4 Å². The van der Waals surface area contributed by atoms with Crippen LogP contribution in [0.25, 0.3) is 0 Å². The first-order valence-electron chi connectivity index (χ1n) is 8.55. The van der Waals surface area contributed by atoms with E-state index in [1.54, 1.807) is 0 Å². The maximum atomic E-state index is 9.79. The average Bonchev–Trinajstić information content (AvgIpc) is 2.89. The fraction of sp³-hybridized carbons (Fsp3) is 0.882. The van der Waals surface area contributed by atoms with Crippen molar-refractivity contribution in [2.45, 2.75) is 76.3 Å². The van der Waals surface area contributed by atoms with Crippen molar-refractivity contribution >= 4 is 0 Å². The second-order valence-electron chi connectivity index (χ2n) is 5.91. The van der Waals surface area contributed by atoms with Crippen molar-refractivity contribution in [1.82, 2.24) is 0 Å². The summed E-state index contributed by atoms with van der Waals surface area (Å²) < 4.78 is 10.9. The zero-order valence-electron chi connectivity index (χ0n) is 13.7. The molecule has 1 rings (SSSR count). The molecule has 0 amide bonds. The smallest absolute Gasteiger partial charge is 0.114 e. The van der Waals surface area contributed by atoms with E-state index in [-0.39, 0.29) is 13.2 Å². The van der Waals surface area contributed by atoms with Crippen LogP contribution in [0.2, 0.25) is 0 Å². The quantitative estimate of drug-likeness (QED) is 0.378. The third-order valence-electron chi connectivity index (χ3n) is 3.95. The molecule has 5 nitrogen and oxygen atoms in total. The van der Waals surface area contributed by atoms with E-state index in [0.29, 0.717) is 6.61 Å². The lowest BCUT2D eigenvalue weighted by Crippen LogP contribution is -2.42. The molecule has 130 valence electrons. The number of aliphatic hydroxyl groups excluding tert-OH is 3. The Morgan fingerprint density at radius 2 is 1.86 bits per heavy atom. The first kappa shape index (κ1) is 19.6. The molecule has 1 aliphatic rings. The largest absolute Gasteiger partial charge is 0.394 e. The van der Waals surface area contributed by atoms with Crippen LogP contribution < -0.4 is 0 Å². The molecule has 5 heteroatoms. The van der Waals surface area contributed by atoms with Crippen LogP contribution >= 0.6 is 0 Å². The Kier molecular flexibility index (Phi) is 10.7. The molecule has 0 aliphatic carbocycles. The highest BCUT2D eigenvalue weighted by atomic mass is 16.6. The molecule has 1 heterocycles. The molecule has 0 saturated carbocycles. The monoisotopic (exact) mass is 316 g/mol. The van der Waals surface area contributed by atoms with Crippen LogP contribution in [-0.2, 0) is 9.47 Å². The minimum absolute atomic E-state index is 0.146. The Bertz CT molecular complexity index is 295. The fourth-order valence-electron chi connectivity index (χ4n) is 2.59. The van der Waals surface area contributed by atoms with Gasteiger partial charge in [-0.05, 0) is 32.1 Å². The lowest BCUT2D eigenvalue weighted by molar-refractivity contribution is -0.0937. The van der Waals surface area contributed by atoms with E-state index in [9.17, 15) is 10.2 Å². The summed E-state index contributed by atoms with van der Waals surface area (Å²) in [5, 5.41) is 28.4. The summed E-state index contributed by atoms with van der Waals surface area (Å²) in [6, 6.07) is 0. The molecule has 0 aromatic carbocycles. The van der Waals surface area contributed by atoms with Crippen LogP contribution in [0.3, 0.4) is 0 Å². The van der Waals surface area contributed by atoms with Gasteiger partial charge in [-0.25, -0.2) is 0 Å². The lowest BCUT2D eigenvalue weighted by Gasteiger charge is -2.23. The second-order valence-corrected chi connectivity index (χ2v) is 5.91. The predicted octanol–water partition coefficient (Wildman–Crippen LogP) is 1.79. The Balaban J connectivity index is 2.08. The number of aliphatic hydroxyl groups is 3. The number of hydrogen-bond acceptors (Lipinski definition) is 5. The van der Waals surface area contributed by atoms with Gasteiger partial charge in [-0.1, -0.05) is 31.9 Å². The van der Waals surface area contributed by atoms with Gasteiger partial charge in [-0.2, -0.15) is 0 Å². The molecule has 0 aromatic rings. The van der Waals surface area contributed by atoms with Crippen LogP contribution in [0.4, 0.5) is 0 Å². The van der Waals surface area contributed by atoms with Crippen LogP contribution in [0, 0.1) is 0 Å².